The van der Waals surface area contributed by atoms with Crippen LogP contribution >= 0.6 is 24.0 Å². The zero-order valence-electron chi connectivity index (χ0n) is 16.4. The monoisotopic (exact) mass is 474 g/mol. The van der Waals surface area contributed by atoms with E-state index < -0.39 is 0 Å². The Labute approximate surface area is 176 Å². The van der Waals surface area contributed by atoms with E-state index in [1.807, 2.05) is 13.1 Å². The SMILES string of the molecule is CN=C(NCCCOC(C)c1ccccc1)NCC1CCN(C)CC1.I. The maximum Gasteiger partial charge on any atom is 0.190 e. The number of ether oxygens (including phenoxy) is 1. The number of rotatable bonds is 8. The molecule has 0 amide bonds. The Balaban J connectivity index is 0.00000338. The van der Waals surface area contributed by atoms with Gasteiger partial charge >= 0.3 is 0 Å². The number of piperidine rings is 1. The van der Waals surface area contributed by atoms with Crippen LogP contribution in [0.4, 0.5) is 0 Å². The third kappa shape index (κ3) is 8.68. The van der Waals surface area contributed by atoms with E-state index in [2.05, 4.69) is 58.8 Å². The van der Waals surface area contributed by atoms with Crippen molar-refractivity contribution < 1.29 is 4.74 Å². The van der Waals surface area contributed by atoms with Crippen molar-refractivity contribution in [2.75, 3.05) is 46.9 Å². The van der Waals surface area contributed by atoms with Crippen molar-refractivity contribution in [2.45, 2.75) is 32.3 Å². The number of hydrogen-bond donors (Lipinski definition) is 2. The fourth-order valence-electron chi connectivity index (χ4n) is 3.09. The lowest BCUT2D eigenvalue weighted by Gasteiger charge is -2.29. The number of guanidine groups is 1. The van der Waals surface area contributed by atoms with Crippen molar-refractivity contribution in [3.63, 3.8) is 0 Å². The molecule has 1 fully saturated rings. The first-order valence-corrected chi connectivity index (χ1v) is 9.48. The minimum atomic E-state index is 0. The first-order valence-electron chi connectivity index (χ1n) is 9.48. The second-order valence-electron chi connectivity index (χ2n) is 6.90. The lowest BCUT2D eigenvalue weighted by Crippen LogP contribution is -2.42. The van der Waals surface area contributed by atoms with Crippen LogP contribution in [0.15, 0.2) is 35.3 Å². The predicted molar refractivity (Wildman–Crippen MR) is 120 cm³/mol. The molecule has 6 heteroatoms. The van der Waals surface area contributed by atoms with Gasteiger partial charge in [-0.2, -0.15) is 0 Å². The second-order valence-corrected chi connectivity index (χ2v) is 6.90. The van der Waals surface area contributed by atoms with Gasteiger partial charge in [-0.1, -0.05) is 30.3 Å². The van der Waals surface area contributed by atoms with E-state index in [-0.39, 0.29) is 30.1 Å². The number of likely N-dealkylation sites (tertiary alicyclic amines) is 1. The summed E-state index contributed by atoms with van der Waals surface area (Å²) in [5.74, 6) is 1.65. The van der Waals surface area contributed by atoms with E-state index in [0.717, 1.165) is 38.0 Å². The van der Waals surface area contributed by atoms with Crippen molar-refractivity contribution >= 4 is 29.9 Å². The highest BCUT2D eigenvalue weighted by Crippen LogP contribution is 2.16. The minimum Gasteiger partial charge on any atom is -0.374 e. The molecule has 2 N–H and O–H groups in total. The van der Waals surface area contributed by atoms with Crippen LogP contribution < -0.4 is 10.6 Å². The largest absolute Gasteiger partial charge is 0.374 e. The van der Waals surface area contributed by atoms with Gasteiger partial charge in [-0.3, -0.25) is 4.99 Å². The normalized spacial score (nSPS) is 17.4. The molecular formula is C20H35IN4O. The molecule has 1 heterocycles. The molecule has 0 aromatic heterocycles. The van der Waals surface area contributed by atoms with Gasteiger partial charge in [0.2, 0.25) is 0 Å². The smallest absolute Gasteiger partial charge is 0.190 e. The Morgan fingerprint density at radius 3 is 2.58 bits per heavy atom. The number of nitrogens with zero attached hydrogens (tertiary/aromatic N) is 2. The lowest BCUT2D eigenvalue weighted by atomic mass is 9.97. The Morgan fingerprint density at radius 1 is 1.23 bits per heavy atom. The van der Waals surface area contributed by atoms with Gasteiger partial charge in [-0.05, 0) is 57.8 Å². The first kappa shape index (κ1) is 23.2. The molecule has 26 heavy (non-hydrogen) atoms. The van der Waals surface area contributed by atoms with Crippen molar-refractivity contribution in [2.24, 2.45) is 10.9 Å². The third-order valence-corrected chi connectivity index (χ3v) is 4.87. The summed E-state index contributed by atoms with van der Waals surface area (Å²) in [6, 6.07) is 10.4. The standard InChI is InChI=1S/C20H34N4O.HI/c1-17(19-8-5-4-6-9-19)25-15-7-12-22-20(21-2)23-16-18-10-13-24(3)14-11-18;/h4-6,8-9,17-18H,7,10-16H2,1-3H3,(H2,21,22,23);1H. The molecule has 148 valence electrons. The molecule has 1 aliphatic heterocycles. The van der Waals surface area contributed by atoms with E-state index in [1.165, 1.54) is 31.5 Å². The van der Waals surface area contributed by atoms with Gasteiger partial charge in [0.15, 0.2) is 5.96 Å². The van der Waals surface area contributed by atoms with Crippen LogP contribution in [0.1, 0.15) is 37.9 Å². The van der Waals surface area contributed by atoms with Crippen LogP contribution in [0.2, 0.25) is 0 Å². The van der Waals surface area contributed by atoms with Crippen LogP contribution in [-0.2, 0) is 4.74 Å². The Kier molecular flexibility index (Phi) is 11.9. The number of halogens is 1. The van der Waals surface area contributed by atoms with Crippen molar-refractivity contribution in [3.05, 3.63) is 35.9 Å². The zero-order chi connectivity index (χ0) is 17.9. The molecular weight excluding hydrogens is 439 g/mol. The highest BCUT2D eigenvalue weighted by molar-refractivity contribution is 14.0. The summed E-state index contributed by atoms with van der Waals surface area (Å²) in [6.45, 7) is 7.13. The van der Waals surface area contributed by atoms with Gasteiger partial charge in [-0.25, -0.2) is 0 Å². The van der Waals surface area contributed by atoms with Gasteiger partial charge in [0, 0.05) is 26.7 Å². The van der Waals surface area contributed by atoms with E-state index >= 15 is 0 Å². The first-order chi connectivity index (χ1) is 12.2. The average molecular weight is 474 g/mol. The predicted octanol–water partition coefficient (Wildman–Crippen LogP) is 3.28. The summed E-state index contributed by atoms with van der Waals surface area (Å²) < 4.78 is 5.90. The van der Waals surface area contributed by atoms with Crippen LogP contribution in [0.25, 0.3) is 0 Å². The molecule has 1 saturated heterocycles. The van der Waals surface area contributed by atoms with E-state index in [4.69, 9.17) is 4.74 Å². The Morgan fingerprint density at radius 2 is 1.92 bits per heavy atom. The van der Waals surface area contributed by atoms with Gasteiger partial charge < -0.3 is 20.3 Å². The van der Waals surface area contributed by atoms with E-state index in [9.17, 15) is 0 Å². The molecule has 1 unspecified atom stereocenters. The zero-order valence-corrected chi connectivity index (χ0v) is 18.7. The van der Waals surface area contributed by atoms with Crippen LogP contribution in [0, 0.1) is 5.92 Å². The number of hydrogen-bond acceptors (Lipinski definition) is 3. The van der Waals surface area contributed by atoms with E-state index in [1.54, 1.807) is 0 Å². The minimum absolute atomic E-state index is 0. The maximum atomic E-state index is 5.90. The highest BCUT2D eigenvalue weighted by atomic mass is 127. The van der Waals surface area contributed by atoms with Crippen LogP contribution in [-0.4, -0.2) is 57.7 Å². The summed E-state index contributed by atoms with van der Waals surface area (Å²) in [5.41, 5.74) is 1.23. The molecule has 0 bridgehead atoms. The molecule has 1 aromatic rings. The fraction of sp³-hybridized carbons (Fsp3) is 0.650. The molecule has 0 spiro atoms. The van der Waals surface area contributed by atoms with Gasteiger partial charge in [0.1, 0.15) is 0 Å². The molecule has 0 saturated carbocycles. The molecule has 2 rings (SSSR count). The third-order valence-electron chi connectivity index (χ3n) is 4.87. The summed E-state index contributed by atoms with van der Waals surface area (Å²) >= 11 is 0. The van der Waals surface area contributed by atoms with Crippen molar-refractivity contribution in [1.29, 1.82) is 0 Å². The summed E-state index contributed by atoms with van der Waals surface area (Å²) in [7, 11) is 4.03. The summed E-state index contributed by atoms with van der Waals surface area (Å²) in [4.78, 5) is 6.71. The topological polar surface area (TPSA) is 48.9 Å². The number of benzene rings is 1. The fourth-order valence-corrected chi connectivity index (χ4v) is 3.09. The maximum absolute atomic E-state index is 5.90. The Hall–Kier alpha value is -0.860. The summed E-state index contributed by atoms with van der Waals surface area (Å²) in [5, 5.41) is 6.84. The van der Waals surface area contributed by atoms with Gasteiger partial charge in [0.05, 0.1) is 6.10 Å². The molecule has 1 atom stereocenters. The number of nitrogens with one attached hydrogen (secondary N) is 2. The quantitative estimate of drug-likeness (QED) is 0.263. The Bertz CT molecular complexity index is 504. The average Bonchev–Trinajstić information content (AvgIpc) is 2.65. The van der Waals surface area contributed by atoms with E-state index in [0.29, 0.717) is 0 Å². The number of aliphatic imine (C=N–C) groups is 1. The van der Waals surface area contributed by atoms with Gasteiger partial charge in [-0.15, -0.1) is 24.0 Å². The molecule has 0 radical (unpaired) electrons. The van der Waals surface area contributed by atoms with Crippen molar-refractivity contribution in [1.82, 2.24) is 15.5 Å². The molecule has 5 nitrogen and oxygen atoms in total. The van der Waals surface area contributed by atoms with Crippen LogP contribution in [0.3, 0.4) is 0 Å². The highest BCUT2D eigenvalue weighted by Gasteiger charge is 2.16. The summed E-state index contributed by atoms with van der Waals surface area (Å²) in [6.07, 6.45) is 3.65. The second kappa shape index (κ2) is 13.3. The molecule has 1 aromatic carbocycles. The van der Waals surface area contributed by atoms with Crippen molar-refractivity contribution in [3.8, 4) is 0 Å². The molecule has 1 aliphatic rings. The molecule has 0 aliphatic carbocycles. The lowest BCUT2D eigenvalue weighted by molar-refractivity contribution is 0.0646. The van der Waals surface area contributed by atoms with Crippen LogP contribution in [0.5, 0.6) is 0 Å². The van der Waals surface area contributed by atoms with Gasteiger partial charge in [0.25, 0.3) is 0 Å².